The van der Waals surface area contributed by atoms with Gasteiger partial charge in [0.05, 0.1) is 0 Å². The molecule has 0 bridgehead atoms. The smallest absolute Gasteiger partial charge is 0.339 e. The van der Waals surface area contributed by atoms with Gasteiger partial charge >= 0.3 is 5.97 Å². The predicted molar refractivity (Wildman–Crippen MR) is 58.6 cm³/mol. The van der Waals surface area contributed by atoms with Crippen LogP contribution in [-0.2, 0) is 14.3 Å². The summed E-state index contributed by atoms with van der Waals surface area (Å²) in [5, 5.41) is 0. The van der Waals surface area contributed by atoms with E-state index in [1.165, 1.54) is 0 Å². The Kier molecular flexibility index (Phi) is 2.97. The number of carbonyl (C=O) groups excluding carboxylic acids is 1. The van der Waals surface area contributed by atoms with Crippen LogP contribution in [0.15, 0.2) is 11.6 Å². The number of ether oxygens (including phenoxy) is 2. The molecule has 86 valence electrons. The van der Waals surface area contributed by atoms with Crippen molar-refractivity contribution in [2.45, 2.75) is 58.8 Å². The highest BCUT2D eigenvalue weighted by molar-refractivity contribution is 5.80. The molecule has 1 rings (SSSR count). The van der Waals surface area contributed by atoms with Gasteiger partial charge in [0.2, 0.25) is 0 Å². The molecule has 3 heteroatoms. The number of hydrogen-bond donors (Lipinski definition) is 0. The molecule has 15 heavy (non-hydrogen) atoms. The van der Waals surface area contributed by atoms with Gasteiger partial charge in [-0.3, -0.25) is 0 Å². The topological polar surface area (TPSA) is 38.8 Å². The van der Waals surface area contributed by atoms with E-state index < -0.39 is 17.3 Å². The zero-order valence-electron chi connectivity index (χ0n) is 10.4. The summed E-state index contributed by atoms with van der Waals surface area (Å²) in [6.07, 6.45) is 1.52. The van der Waals surface area contributed by atoms with Crippen molar-refractivity contribution in [2.75, 3.05) is 0 Å². The second kappa shape index (κ2) is 3.63. The van der Waals surface area contributed by atoms with Crippen LogP contribution in [0.3, 0.4) is 0 Å². The standard InChI is InChI=1S/C12H20O3/c1-8(2)7-12(6)9(14-12)10(13)15-11(3,4)5/h7,9H,1-6H3/t9-,12+/m1/s1. The van der Waals surface area contributed by atoms with E-state index in [0.29, 0.717) is 0 Å². The fourth-order valence-corrected chi connectivity index (χ4v) is 1.54. The summed E-state index contributed by atoms with van der Waals surface area (Å²) >= 11 is 0. The van der Waals surface area contributed by atoms with E-state index >= 15 is 0 Å². The van der Waals surface area contributed by atoms with E-state index in [-0.39, 0.29) is 5.97 Å². The lowest BCUT2D eigenvalue weighted by Gasteiger charge is -2.18. The molecule has 0 amide bonds. The summed E-state index contributed by atoms with van der Waals surface area (Å²) < 4.78 is 10.6. The van der Waals surface area contributed by atoms with Crippen molar-refractivity contribution in [2.24, 2.45) is 0 Å². The molecule has 2 atom stereocenters. The minimum absolute atomic E-state index is 0.275. The minimum atomic E-state index is -0.457. The van der Waals surface area contributed by atoms with Crippen molar-refractivity contribution in [1.82, 2.24) is 0 Å². The zero-order valence-corrected chi connectivity index (χ0v) is 10.4. The number of hydrogen-bond acceptors (Lipinski definition) is 3. The van der Waals surface area contributed by atoms with Crippen molar-refractivity contribution in [3.05, 3.63) is 11.6 Å². The molecule has 1 fully saturated rings. The lowest BCUT2D eigenvalue weighted by molar-refractivity contribution is -0.156. The van der Waals surface area contributed by atoms with Gasteiger partial charge in [-0.15, -0.1) is 0 Å². The van der Waals surface area contributed by atoms with Crippen molar-refractivity contribution in [1.29, 1.82) is 0 Å². The molecule has 3 nitrogen and oxygen atoms in total. The highest BCUT2D eigenvalue weighted by Gasteiger charge is 2.57. The lowest BCUT2D eigenvalue weighted by atomic mass is 10.0. The second-order valence-electron chi connectivity index (χ2n) is 5.44. The van der Waals surface area contributed by atoms with Gasteiger partial charge in [-0.25, -0.2) is 4.79 Å². The maximum atomic E-state index is 11.6. The van der Waals surface area contributed by atoms with Gasteiger partial charge in [-0.2, -0.15) is 0 Å². The van der Waals surface area contributed by atoms with E-state index in [9.17, 15) is 4.79 Å². The molecular formula is C12H20O3. The first-order valence-electron chi connectivity index (χ1n) is 5.21. The first-order valence-corrected chi connectivity index (χ1v) is 5.21. The fourth-order valence-electron chi connectivity index (χ4n) is 1.54. The van der Waals surface area contributed by atoms with Gasteiger partial charge < -0.3 is 9.47 Å². The Morgan fingerprint density at radius 3 is 2.33 bits per heavy atom. The van der Waals surface area contributed by atoms with Crippen LogP contribution in [0.1, 0.15) is 41.5 Å². The van der Waals surface area contributed by atoms with Gasteiger partial charge in [-0.1, -0.05) is 11.6 Å². The largest absolute Gasteiger partial charge is 0.458 e. The number of esters is 1. The molecule has 1 aliphatic rings. The zero-order chi connectivity index (χ0) is 11.9. The quantitative estimate of drug-likeness (QED) is 0.401. The minimum Gasteiger partial charge on any atom is -0.458 e. The van der Waals surface area contributed by atoms with Crippen LogP contribution in [-0.4, -0.2) is 23.3 Å². The Morgan fingerprint density at radius 1 is 1.40 bits per heavy atom. The molecule has 0 aromatic rings. The monoisotopic (exact) mass is 212 g/mol. The maximum absolute atomic E-state index is 11.6. The summed E-state index contributed by atoms with van der Waals surface area (Å²) in [6, 6.07) is 0. The number of rotatable bonds is 2. The van der Waals surface area contributed by atoms with Crippen LogP contribution >= 0.6 is 0 Å². The molecule has 0 aromatic carbocycles. The first-order chi connectivity index (χ1) is 6.64. The molecule has 0 spiro atoms. The Morgan fingerprint density at radius 2 is 1.93 bits per heavy atom. The van der Waals surface area contributed by atoms with Crippen LogP contribution in [0.4, 0.5) is 0 Å². The summed E-state index contributed by atoms with van der Waals surface area (Å²) in [7, 11) is 0. The Bertz CT molecular complexity index is 294. The Hall–Kier alpha value is -0.830. The molecular weight excluding hydrogens is 192 g/mol. The van der Waals surface area contributed by atoms with Gasteiger partial charge in [0.1, 0.15) is 11.2 Å². The van der Waals surface area contributed by atoms with Crippen molar-refractivity contribution in [3.8, 4) is 0 Å². The Labute approximate surface area is 91.4 Å². The summed E-state index contributed by atoms with van der Waals surface area (Å²) in [5.41, 5.74) is 0.236. The summed E-state index contributed by atoms with van der Waals surface area (Å²) in [5.74, 6) is -0.275. The SMILES string of the molecule is CC(C)=C[C@]1(C)O[C@@H]1C(=O)OC(C)(C)C. The molecule has 0 aromatic heterocycles. The highest BCUT2D eigenvalue weighted by Crippen LogP contribution is 2.39. The van der Waals surface area contributed by atoms with Crippen LogP contribution in [0.2, 0.25) is 0 Å². The summed E-state index contributed by atoms with van der Waals surface area (Å²) in [6.45, 7) is 11.4. The molecule has 0 radical (unpaired) electrons. The van der Waals surface area contributed by atoms with E-state index in [0.717, 1.165) is 5.57 Å². The fraction of sp³-hybridized carbons (Fsp3) is 0.750. The van der Waals surface area contributed by atoms with Crippen LogP contribution in [0.25, 0.3) is 0 Å². The van der Waals surface area contributed by atoms with E-state index in [2.05, 4.69) is 0 Å². The molecule has 0 unspecified atom stereocenters. The molecule has 1 aliphatic heterocycles. The van der Waals surface area contributed by atoms with Gasteiger partial charge in [0.25, 0.3) is 0 Å². The van der Waals surface area contributed by atoms with Crippen LogP contribution in [0, 0.1) is 0 Å². The van der Waals surface area contributed by atoms with Crippen LogP contribution in [0.5, 0.6) is 0 Å². The first kappa shape index (κ1) is 12.2. The van der Waals surface area contributed by atoms with E-state index in [1.807, 2.05) is 47.6 Å². The van der Waals surface area contributed by atoms with Crippen molar-refractivity contribution >= 4 is 5.97 Å². The second-order valence-corrected chi connectivity index (χ2v) is 5.44. The molecule has 0 N–H and O–H groups in total. The molecule has 1 saturated heterocycles. The molecule has 1 heterocycles. The van der Waals surface area contributed by atoms with Crippen LogP contribution < -0.4 is 0 Å². The van der Waals surface area contributed by atoms with E-state index in [4.69, 9.17) is 9.47 Å². The van der Waals surface area contributed by atoms with Crippen molar-refractivity contribution in [3.63, 3.8) is 0 Å². The average Bonchev–Trinajstić information content (AvgIpc) is 2.55. The molecule has 0 saturated carbocycles. The highest BCUT2D eigenvalue weighted by atomic mass is 16.7. The predicted octanol–water partition coefficient (Wildman–Crippen LogP) is 2.45. The number of carbonyl (C=O) groups is 1. The van der Waals surface area contributed by atoms with Gasteiger partial charge in [-0.05, 0) is 41.5 Å². The Balaban J connectivity index is 2.57. The third kappa shape index (κ3) is 3.34. The average molecular weight is 212 g/mol. The summed E-state index contributed by atoms with van der Waals surface area (Å²) in [4.78, 5) is 11.6. The van der Waals surface area contributed by atoms with E-state index in [1.54, 1.807) is 0 Å². The molecule has 0 aliphatic carbocycles. The van der Waals surface area contributed by atoms with Crippen molar-refractivity contribution < 1.29 is 14.3 Å². The maximum Gasteiger partial charge on any atom is 0.339 e. The third-order valence-corrected chi connectivity index (χ3v) is 2.03. The van der Waals surface area contributed by atoms with Gasteiger partial charge in [0, 0.05) is 0 Å². The number of allylic oxidation sites excluding steroid dienone is 1. The normalized spacial score (nSPS) is 29.6. The lowest BCUT2D eigenvalue weighted by Crippen LogP contribution is -2.29. The van der Waals surface area contributed by atoms with Gasteiger partial charge in [0.15, 0.2) is 6.10 Å². The number of epoxide rings is 1. The third-order valence-electron chi connectivity index (χ3n) is 2.03.